The third-order valence-electron chi connectivity index (χ3n) is 3.21. The smallest absolute Gasteiger partial charge is 0.329 e. The molecule has 0 aliphatic heterocycles. The number of aliphatic carboxylic acids is 1. The molecule has 0 bridgehead atoms. The SMILES string of the molecule is CCC(C)(NC(=O)c1cc(C)ccc1C)C(=O)O. The lowest BCUT2D eigenvalue weighted by atomic mass is 9.97. The Hall–Kier alpha value is -1.84. The Morgan fingerprint density at radius 2 is 1.94 bits per heavy atom. The number of hydrogen-bond acceptors (Lipinski definition) is 2. The third kappa shape index (κ3) is 2.88. The molecule has 2 N–H and O–H groups in total. The molecule has 0 spiro atoms. The highest BCUT2D eigenvalue weighted by Crippen LogP contribution is 2.14. The molecule has 0 saturated carbocycles. The maximum atomic E-state index is 12.1. The van der Waals surface area contributed by atoms with Crippen molar-refractivity contribution in [2.75, 3.05) is 0 Å². The van der Waals surface area contributed by atoms with E-state index in [1.807, 2.05) is 26.0 Å². The second kappa shape index (κ2) is 5.21. The van der Waals surface area contributed by atoms with Crippen LogP contribution in [0.5, 0.6) is 0 Å². The monoisotopic (exact) mass is 249 g/mol. The van der Waals surface area contributed by atoms with Crippen LogP contribution in [0.25, 0.3) is 0 Å². The van der Waals surface area contributed by atoms with E-state index in [1.54, 1.807) is 13.0 Å². The number of carboxylic acid groups (broad SMARTS) is 1. The fourth-order valence-electron chi connectivity index (χ4n) is 1.59. The van der Waals surface area contributed by atoms with E-state index < -0.39 is 11.5 Å². The summed E-state index contributed by atoms with van der Waals surface area (Å²) >= 11 is 0. The van der Waals surface area contributed by atoms with Crippen molar-refractivity contribution in [3.63, 3.8) is 0 Å². The molecule has 1 aromatic carbocycles. The first-order valence-corrected chi connectivity index (χ1v) is 5.93. The van der Waals surface area contributed by atoms with Crippen molar-refractivity contribution in [3.05, 3.63) is 34.9 Å². The van der Waals surface area contributed by atoms with Gasteiger partial charge < -0.3 is 10.4 Å². The number of carbonyl (C=O) groups is 2. The van der Waals surface area contributed by atoms with Gasteiger partial charge in [0.15, 0.2) is 0 Å². The Balaban J connectivity index is 3.02. The van der Waals surface area contributed by atoms with E-state index >= 15 is 0 Å². The highest BCUT2D eigenvalue weighted by Gasteiger charge is 2.33. The van der Waals surface area contributed by atoms with Gasteiger partial charge in [0.05, 0.1) is 0 Å². The molecule has 4 nitrogen and oxygen atoms in total. The van der Waals surface area contributed by atoms with Crippen LogP contribution in [-0.2, 0) is 4.79 Å². The molecular weight excluding hydrogens is 230 g/mol. The molecule has 1 unspecified atom stereocenters. The van der Waals surface area contributed by atoms with Gasteiger partial charge in [0, 0.05) is 5.56 Å². The van der Waals surface area contributed by atoms with Gasteiger partial charge in [-0.1, -0.05) is 24.6 Å². The van der Waals surface area contributed by atoms with Gasteiger partial charge in [0.2, 0.25) is 0 Å². The van der Waals surface area contributed by atoms with Gasteiger partial charge in [0.1, 0.15) is 5.54 Å². The van der Waals surface area contributed by atoms with Gasteiger partial charge in [-0.2, -0.15) is 0 Å². The zero-order valence-electron chi connectivity index (χ0n) is 11.2. The number of hydrogen-bond donors (Lipinski definition) is 2. The number of carbonyl (C=O) groups excluding carboxylic acids is 1. The zero-order chi connectivity index (χ0) is 13.9. The number of benzene rings is 1. The summed E-state index contributed by atoms with van der Waals surface area (Å²) in [5.74, 6) is -1.37. The molecule has 0 aliphatic carbocycles. The van der Waals surface area contributed by atoms with E-state index in [0.717, 1.165) is 11.1 Å². The minimum atomic E-state index is -1.23. The van der Waals surface area contributed by atoms with Crippen molar-refractivity contribution in [1.82, 2.24) is 5.32 Å². The third-order valence-corrected chi connectivity index (χ3v) is 3.21. The van der Waals surface area contributed by atoms with Gasteiger partial charge in [-0.25, -0.2) is 4.79 Å². The molecule has 1 aromatic rings. The van der Waals surface area contributed by atoms with Gasteiger partial charge in [-0.15, -0.1) is 0 Å². The largest absolute Gasteiger partial charge is 0.480 e. The fourth-order valence-corrected chi connectivity index (χ4v) is 1.59. The van der Waals surface area contributed by atoms with Gasteiger partial charge >= 0.3 is 5.97 Å². The van der Waals surface area contributed by atoms with E-state index in [1.165, 1.54) is 6.92 Å². The minimum Gasteiger partial charge on any atom is -0.480 e. The van der Waals surface area contributed by atoms with E-state index in [-0.39, 0.29) is 5.91 Å². The number of carboxylic acids is 1. The average molecular weight is 249 g/mol. The second-order valence-corrected chi connectivity index (χ2v) is 4.76. The van der Waals surface area contributed by atoms with Crippen LogP contribution < -0.4 is 5.32 Å². The van der Waals surface area contributed by atoms with E-state index in [9.17, 15) is 9.59 Å². The molecular formula is C14H19NO3. The summed E-state index contributed by atoms with van der Waals surface area (Å²) in [7, 11) is 0. The van der Waals surface area contributed by atoms with Crippen molar-refractivity contribution < 1.29 is 14.7 Å². The molecule has 0 aromatic heterocycles. The number of rotatable bonds is 4. The Bertz CT molecular complexity index is 482. The standard InChI is InChI=1S/C14H19NO3/c1-5-14(4,13(17)18)15-12(16)11-8-9(2)6-7-10(11)3/h6-8H,5H2,1-4H3,(H,15,16)(H,17,18). The molecule has 1 amide bonds. The normalized spacial score (nSPS) is 13.8. The van der Waals surface area contributed by atoms with E-state index in [0.29, 0.717) is 12.0 Å². The fraction of sp³-hybridized carbons (Fsp3) is 0.429. The lowest BCUT2D eigenvalue weighted by molar-refractivity contribution is -0.143. The molecule has 1 atom stereocenters. The minimum absolute atomic E-state index is 0.332. The first-order valence-electron chi connectivity index (χ1n) is 5.93. The predicted molar refractivity (Wildman–Crippen MR) is 69.7 cm³/mol. The zero-order valence-corrected chi connectivity index (χ0v) is 11.2. The number of nitrogens with one attached hydrogen (secondary N) is 1. The second-order valence-electron chi connectivity index (χ2n) is 4.76. The first kappa shape index (κ1) is 14.2. The molecule has 0 aliphatic rings. The summed E-state index contributed by atoms with van der Waals surface area (Å²) in [6.45, 7) is 6.97. The summed E-state index contributed by atoms with van der Waals surface area (Å²) in [6.07, 6.45) is 0.332. The van der Waals surface area contributed by atoms with Crippen molar-refractivity contribution in [2.45, 2.75) is 39.7 Å². The van der Waals surface area contributed by atoms with E-state index in [2.05, 4.69) is 5.32 Å². The van der Waals surface area contributed by atoms with Crippen LogP contribution in [0.1, 0.15) is 41.8 Å². The summed E-state index contributed by atoms with van der Waals surface area (Å²) in [5.41, 5.74) is 1.10. The maximum absolute atomic E-state index is 12.1. The molecule has 98 valence electrons. The lowest BCUT2D eigenvalue weighted by Crippen LogP contribution is -2.51. The van der Waals surface area contributed by atoms with Crippen LogP contribution in [0, 0.1) is 13.8 Å². The van der Waals surface area contributed by atoms with E-state index in [4.69, 9.17) is 5.11 Å². The molecule has 4 heteroatoms. The van der Waals surface area contributed by atoms with Crippen molar-refractivity contribution in [3.8, 4) is 0 Å². The number of amides is 1. The Labute approximate surface area is 107 Å². The molecule has 0 fully saturated rings. The summed E-state index contributed by atoms with van der Waals surface area (Å²) in [6, 6.07) is 5.54. The number of aryl methyl sites for hydroxylation is 2. The van der Waals surface area contributed by atoms with Gasteiger partial charge in [-0.05, 0) is 38.8 Å². The quantitative estimate of drug-likeness (QED) is 0.860. The van der Waals surface area contributed by atoms with Gasteiger partial charge in [0.25, 0.3) is 5.91 Å². The predicted octanol–water partition coefficient (Wildman–Crippen LogP) is 2.29. The molecule has 0 saturated heterocycles. The van der Waals surface area contributed by atoms with Crippen LogP contribution in [0.15, 0.2) is 18.2 Å². The Kier molecular flexibility index (Phi) is 4.11. The van der Waals surface area contributed by atoms with Crippen LogP contribution in [0.2, 0.25) is 0 Å². The highest BCUT2D eigenvalue weighted by atomic mass is 16.4. The average Bonchev–Trinajstić information content (AvgIpc) is 2.31. The van der Waals surface area contributed by atoms with Crippen LogP contribution >= 0.6 is 0 Å². The summed E-state index contributed by atoms with van der Waals surface area (Å²) in [4.78, 5) is 23.3. The Morgan fingerprint density at radius 1 is 1.33 bits per heavy atom. The molecule has 18 heavy (non-hydrogen) atoms. The van der Waals surface area contributed by atoms with Gasteiger partial charge in [-0.3, -0.25) is 4.79 Å². The maximum Gasteiger partial charge on any atom is 0.329 e. The summed E-state index contributed by atoms with van der Waals surface area (Å²) < 4.78 is 0. The first-order chi connectivity index (χ1) is 8.30. The van der Waals surface area contributed by atoms with Crippen LogP contribution in [0.3, 0.4) is 0 Å². The molecule has 1 rings (SSSR count). The topological polar surface area (TPSA) is 66.4 Å². The Morgan fingerprint density at radius 3 is 2.44 bits per heavy atom. The summed E-state index contributed by atoms with van der Waals surface area (Å²) in [5, 5.41) is 11.7. The van der Waals surface area contributed by atoms with Crippen molar-refractivity contribution in [1.29, 1.82) is 0 Å². The van der Waals surface area contributed by atoms with Crippen molar-refractivity contribution in [2.24, 2.45) is 0 Å². The highest BCUT2D eigenvalue weighted by molar-refractivity contribution is 5.99. The molecule has 0 heterocycles. The lowest BCUT2D eigenvalue weighted by Gasteiger charge is -2.25. The van der Waals surface area contributed by atoms with Crippen LogP contribution in [0.4, 0.5) is 0 Å². The molecule has 0 radical (unpaired) electrons. The van der Waals surface area contributed by atoms with Crippen LogP contribution in [-0.4, -0.2) is 22.5 Å². The van der Waals surface area contributed by atoms with Crippen molar-refractivity contribution >= 4 is 11.9 Å².